The number of amides is 1. The van der Waals surface area contributed by atoms with Crippen LogP contribution in [-0.4, -0.2) is 30.6 Å². The van der Waals surface area contributed by atoms with Crippen molar-refractivity contribution in [2.45, 2.75) is 19.1 Å². The number of aliphatic hydroxyl groups excluding tert-OH is 1. The van der Waals surface area contributed by atoms with Crippen molar-refractivity contribution in [3.8, 4) is 0 Å². The number of aliphatic hydroxyl groups is 1. The van der Waals surface area contributed by atoms with E-state index >= 15 is 0 Å². The van der Waals surface area contributed by atoms with Gasteiger partial charge in [0.1, 0.15) is 0 Å². The highest BCUT2D eigenvalue weighted by molar-refractivity contribution is 7.07. The first-order valence-electron chi connectivity index (χ1n) is 4.80. The van der Waals surface area contributed by atoms with Gasteiger partial charge in [0.25, 0.3) is 0 Å². The number of hydrogen-bond donors (Lipinski definition) is 3. The summed E-state index contributed by atoms with van der Waals surface area (Å²) in [5.41, 5.74) is 0.845. The minimum atomic E-state index is -0.621. The summed E-state index contributed by atoms with van der Waals surface area (Å²) in [6, 6.07) is 1.61. The summed E-state index contributed by atoms with van der Waals surface area (Å²) in [5, 5.41) is 19.0. The third-order valence-electron chi connectivity index (χ3n) is 2.22. The molecule has 0 saturated carbocycles. The number of carbonyl (C=O) groups is 1. The van der Waals surface area contributed by atoms with Crippen molar-refractivity contribution in [3.05, 3.63) is 22.4 Å². The van der Waals surface area contributed by atoms with E-state index < -0.39 is 6.10 Å². The molecule has 0 aliphatic carbocycles. The molecule has 0 radical (unpaired) electrons. The number of hydrogen-bond acceptors (Lipinski definition) is 4. The van der Waals surface area contributed by atoms with Crippen molar-refractivity contribution in [1.29, 1.82) is 0 Å². The van der Waals surface area contributed by atoms with Gasteiger partial charge in [-0.25, -0.2) is 0 Å². The maximum atomic E-state index is 11.4. The Balaban J connectivity index is 2.34. The van der Waals surface area contributed by atoms with Crippen molar-refractivity contribution in [1.82, 2.24) is 10.6 Å². The summed E-state index contributed by atoms with van der Waals surface area (Å²) in [6.45, 7) is 2.02. The molecule has 0 spiro atoms. The lowest BCUT2D eigenvalue weighted by Crippen LogP contribution is -2.41. The molecular formula is C10H16N2O2S. The first kappa shape index (κ1) is 12.2. The minimum Gasteiger partial charge on any atom is -0.387 e. The summed E-state index contributed by atoms with van der Waals surface area (Å²) < 4.78 is 0. The lowest BCUT2D eigenvalue weighted by Gasteiger charge is -2.13. The van der Waals surface area contributed by atoms with Gasteiger partial charge in [-0.3, -0.25) is 4.79 Å². The van der Waals surface area contributed by atoms with Crippen molar-refractivity contribution < 1.29 is 9.90 Å². The molecule has 0 aliphatic rings. The quantitative estimate of drug-likeness (QED) is 0.688. The summed E-state index contributed by atoms with van der Waals surface area (Å²) >= 11 is 1.53. The smallest absolute Gasteiger partial charge is 0.236 e. The van der Waals surface area contributed by atoms with E-state index in [9.17, 15) is 9.90 Å². The molecule has 0 fully saturated rings. The van der Waals surface area contributed by atoms with Crippen LogP contribution < -0.4 is 10.6 Å². The summed E-state index contributed by atoms with van der Waals surface area (Å²) in [5.74, 6) is -0.105. The van der Waals surface area contributed by atoms with Gasteiger partial charge in [-0.2, -0.15) is 11.3 Å². The van der Waals surface area contributed by atoms with Gasteiger partial charge >= 0.3 is 0 Å². The third-order valence-corrected chi connectivity index (χ3v) is 2.93. The van der Waals surface area contributed by atoms with E-state index in [2.05, 4.69) is 10.6 Å². The highest BCUT2D eigenvalue weighted by atomic mass is 32.1. The van der Waals surface area contributed by atoms with Gasteiger partial charge in [0.15, 0.2) is 0 Å². The summed E-state index contributed by atoms with van der Waals surface area (Å²) in [6.07, 6.45) is -0.621. The highest BCUT2D eigenvalue weighted by Crippen LogP contribution is 2.14. The van der Waals surface area contributed by atoms with Crippen LogP contribution in [0.25, 0.3) is 0 Å². The molecule has 1 amide bonds. The topological polar surface area (TPSA) is 61.4 Å². The number of rotatable bonds is 5. The number of carbonyl (C=O) groups excluding carboxylic acids is 1. The monoisotopic (exact) mass is 228 g/mol. The van der Waals surface area contributed by atoms with Crippen LogP contribution in [0.1, 0.15) is 18.6 Å². The molecule has 3 N–H and O–H groups in total. The van der Waals surface area contributed by atoms with E-state index in [0.29, 0.717) is 0 Å². The maximum absolute atomic E-state index is 11.4. The molecule has 0 saturated heterocycles. The van der Waals surface area contributed by atoms with Gasteiger partial charge in [-0.15, -0.1) is 0 Å². The van der Waals surface area contributed by atoms with Crippen molar-refractivity contribution in [2.75, 3.05) is 13.6 Å². The van der Waals surface area contributed by atoms with Crippen LogP contribution in [-0.2, 0) is 4.79 Å². The molecule has 1 aromatic heterocycles. The molecule has 1 heterocycles. The largest absolute Gasteiger partial charge is 0.387 e. The second-order valence-corrected chi connectivity index (χ2v) is 4.11. The van der Waals surface area contributed by atoms with E-state index in [1.165, 1.54) is 11.3 Å². The standard InChI is InChI=1S/C10H16N2O2S/c1-7(11-2)10(14)12-5-9(13)8-3-4-15-6-8/h3-4,6-7,9,11,13H,5H2,1-2H3,(H,12,14). The lowest BCUT2D eigenvalue weighted by atomic mass is 10.2. The summed E-state index contributed by atoms with van der Waals surface area (Å²) in [7, 11) is 1.72. The zero-order chi connectivity index (χ0) is 11.3. The minimum absolute atomic E-state index is 0.105. The predicted molar refractivity (Wildman–Crippen MR) is 60.8 cm³/mol. The molecular weight excluding hydrogens is 212 g/mol. The Bertz CT molecular complexity index is 300. The van der Waals surface area contributed by atoms with Gasteiger partial charge in [-0.05, 0) is 36.4 Å². The molecule has 0 aromatic carbocycles. The third kappa shape index (κ3) is 3.62. The number of nitrogens with one attached hydrogen (secondary N) is 2. The Kier molecular flexibility index (Phi) is 4.74. The van der Waals surface area contributed by atoms with Crippen LogP contribution in [0.4, 0.5) is 0 Å². The summed E-state index contributed by atoms with van der Waals surface area (Å²) in [4.78, 5) is 11.4. The molecule has 4 nitrogen and oxygen atoms in total. The molecule has 15 heavy (non-hydrogen) atoms. The molecule has 2 unspecified atom stereocenters. The van der Waals surface area contributed by atoms with Crippen LogP contribution in [0.5, 0.6) is 0 Å². The zero-order valence-corrected chi connectivity index (χ0v) is 9.67. The molecule has 2 atom stereocenters. The Morgan fingerprint density at radius 1 is 1.67 bits per heavy atom. The molecule has 0 bridgehead atoms. The van der Waals surface area contributed by atoms with Crippen LogP contribution in [0.3, 0.4) is 0 Å². The van der Waals surface area contributed by atoms with Gasteiger partial charge in [0.05, 0.1) is 12.1 Å². The van der Waals surface area contributed by atoms with Crippen LogP contribution in [0.15, 0.2) is 16.8 Å². The van der Waals surface area contributed by atoms with E-state index in [4.69, 9.17) is 0 Å². The van der Waals surface area contributed by atoms with Gasteiger partial charge in [0, 0.05) is 6.54 Å². The first-order valence-corrected chi connectivity index (χ1v) is 5.74. The van der Waals surface area contributed by atoms with Gasteiger partial charge in [-0.1, -0.05) is 0 Å². The maximum Gasteiger partial charge on any atom is 0.236 e. The van der Waals surface area contributed by atoms with Crippen LogP contribution >= 0.6 is 11.3 Å². The fourth-order valence-electron chi connectivity index (χ4n) is 1.06. The van der Waals surface area contributed by atoms with E-state index in [1.54, 1.807) is 14.0 Å². The van der Waals surface area contributed by atoms with Gasteiger partial charge in [0.2, 0.25) is 5.91 Å². The van der Waals surface area contributed by atoms with Crippen molar-refractivity contribution in [2.24, 2.45) is 0 Å². The Morgan fingerprint density at radius 2 is 2.40 bits per heavy atom. The van der Waals surface area contributed by atoms with Crippen LogP contribution in [0.2, 0.25) is 0 Å². The molecule has 1 rings (SSSR count). The van der Waals surface area contributed by atoms with E-state index in [1.807, 2.05) is 16.8 Å². The number of thiophene rings is 1. The second kappa shape index (κ2) is 5.85. The molecule has 1 aromatic rings. The predicted octanol–water partition coefficient (Wildman–Crippen LogP) is 0.506. The molecule has 0 aliphatic heterocycles. The molecule has 5 heteroatoms. The Labute approximate surface area is 93.3 Å². The fourth-order valence-corrected chi connectivity index (χ4v) is 1.77. The fraction of sp³-hybridized carbons (Fsp3) is 0.500. The van der Waals surface area contributed by atoms with Crippen LogP contribution in [0, 0.1) is 0 Å². The first-order chi connectivity index (χ1) is 7.15. The highest BCUT2D eigenvalue weighted by Gasteiger charge is 2.13. The van der Waals surface area contributed by atoms with Crippen molar-refractivity contribution in [3.63, 3.8) is 0 Å². The Hall–Kier alpha value is -0.910. The number of likely N-dealkylation sites (N-methyl/N-ethyl adjacent to an activating group) is 1. The van der Waals surface area contributed by atoms with E-state index in [0.717, 1.165) is 5.56 Å². The molecule has 84 valence electrons. The zero-order valence-electron chi connectivity index (χ0n) is 8.86. The van der Waals surface area contributed by atoms with Crippen molar-refractivity contribution >= 4 is 17.2 Å². The SMILES string of the molecule is CNC(C)C(=O)NCC(O)c1ccsc1. The Morgan fingerprint density at radius 3 is 2.93 bits per heavy atom. The average molecular weight is 228 g/mol. The van der Waals surface area contributed by atoms with Gasteiger partial charge < -0.3 is 15.7 Å². The average Bonchev–Trinajstić information content (AvgIpc) is 2.77. The van der Waals surface area contributed by atoms with E-state index in [-0.39, 0.29) is 18.5 Å². The lowest BCUT2D eigenvalue weighted by molar-refractivity contribution is -0.123. The normalized spacial score (nSPS) is 14.6. The second-order valence-electron chi connectivity index (χ2n) is 3.33.